The third-order valence-corrected chi connectivity index (χ3v) is 3.95. The number of carbonyl (C=O) groups is 2. The van der Waals surface area contributed by atoms with E-state index in [4.69, 9.17) is 0 Å². The van der Waals surface area contributed by atoms with Crippen LogP contribution in [-0.4, -0.2) is 11.6 Å². The summed E-state index contributed by atoms with van der Waals surface area (Å²) in [6.07, 6.45) is 13.2. The lowest BCUT2D eigenvalue weighted by molar-refractivity contribution is -0.131. The van der Waals surface area contributed by atoms with E-state index in [1.807, 2.05) is 12.2 Å². The minimum atomic E-state index is -0.0996. The number of fused-ring (bicyclic) bond motifs is 3. The molecule has 0 spiro atoms. The number of hydrogen-bond donors (Lipinski definition) is 0. The SMILES string of the molecule is O=C1C=CC[C@H]2C=C[C@@H]3CC=CC(=O)[C@H]3[C@H]12. The van der Waals surface area contributed by atoms with Gasteiger partial charge in [0, 0.05) is 11.8 Å². The summed E-state index contributed by atoms with van der Waals surface area (Å²) in [6.45, 7) is 0. The molecule has 2 nitrogen and oxygen atoms in total. The summed E-state index contributed by atoms with van der Waals surface area (Å²) in [5, 5.41) is 0. The average molecular weight is 214 g/mol. The summed E-state index contributed by atoms with van der Waals surface area (Å²) in [6, 6.07) is 0. The number of rotatable bonds is 0. The molecule has 0 aromatic carbocycles. The minimum absolute atomic E-state index is 0.0996. The van der Waals surface area contributed by atoms with Gasteiger partial charge in [-0.3, -0.25) is 9.59 Å². The molecule has 3 aliphatic carbocycles. The van der Waals surface area contributed by atoms with Crippen molar-refractivity contribution in [2.75, 3.05) is 0 Å². The Bertz CT molecular complexity index is 388. The molecular formula is C14H14O2. The Hall–Kier alpha value is -1.44. The molecule has 4 atom stereocenters. The van der Waals surface area contributed by atoms with Crippen LogP contribution in [0.1, 0.15) is 12.8 Å². The maximum atomic E-state index is 11.9. The first-order valence-corrected chi connectivity index (χ1v) is 5.86. The van der Waals surface area contributed by atoms with Crippen molar-refractivity contribution in [1.82, 2.24) is 0 Å². The van der Waals surface area contributed by atoms with Crippen molar-refractivity contribution >= 4 is 11.6 Å². The zero-order valence-corrected chi connectivity index (χ0v) is 9.00. The van der Waals surface area contributed by atoms with Crippen LogP contribution in [0.5, 0.6) is 0 Å². The highest BCUT2D eigenvalue weighted by Gasteiger charge is 2.44. The molecular weight excluding hydrogens is 200 g/mol. The van der Waals surface area contributed by atoms with Gasteiger partial charge in [0.25, 0.3) is 0 Å². The lowest BCUT2D eigenvalue weighted by Crippen LogP contribution is -2.42. The third kappa shape index (κ3) is 1.33. The van der Waals surface area contributed by atoms with E-state index in [0.29, 0.717) is 0 Å². The van der Waals surface area contributed by atoms with Crippen LogP contribution in [0.15, 0.2) is 36.5 Å². The molecule has 0 unspecified atom stereocenters. The topological polar surface area (TPSA) is 34.1 Å². The molecule has 0 fully saturated rings. The molecule has 0 amide bonds. The predicted octanol–water partition coefficient (Wildman–Crippen LogP) is 2.08. The van der Waals surface area contributed by atoms with Gasteiger partial charge in [-0.1, -0.05) is 24.3 Å². The van der Waals surface area contributed by atoms with Crippen LogP contribution >= 0.6 is 0 Å². The van der Waals surface area contributed by atoms with E-state index >= 15 is 0 Å². The first-order chi connectivity index (χ1) is 7.77. The van der Waals surface area contributed by atoms with Gasteiger partial charge in [0.05, 0.1) is 0 Å². The number of ketones is 2. The molecule has 2 heteroatoms. The van der Waals surface area contributed by atoms with Crippen molar-refractivity contribution < 1.29 is 9.59 Å². The minimum Gasteiger partial charge on any atom is -0.295 e. The molecule has 3 rings (SSSR count). The van der Waals surface area contributed by atoms with Crippen molar-refractivity contribution in [1.29, 1.82) is 0 Å². The number of carbonyl (C=O) groups excluding carboxylic acids is 2. The Labute approximate surface area is 94.7 Å². The summed E-state index contributed by atoms with van der Waals surface area (Å²) >= 11 is 0. The summed E-state index contributed by atoms with van der Waals surface area (Å²) in [5.41, 5.74) is 0. The van der Waals surface area contributed by atoms with Crippen LogP contribution in [0.3, 0.4) is 0 Å². The molecule has 0 aromatic rings. The van der Waals surface area contributed by atoms with Gasteiger partial charge in [-0.05, 0) is 36.8 Å². The van der Waals surface area contributed by atoms with Crippen molar-refractivity contribution in [3.8, 4) is 0 Å². The Kier molecular flexibility index (Phi) is 2.16. The summed E-state index contributed by atoms with van der Waals surface area (Å²) < 4.78 is 0. The lowest BCUT2D eigenvalue weighted by Gasteiger charge is -2.39. The van der Waals surface area contributed by atoms with E-state index < -0.39 is 0 Å². The normalized spacial score (nSPS) is 40.8. The molecule has 0 bridgehead atoms. The zero-order valence-electron chi connectivity index (χ0n) is 9.00. The first-order valence-electron chi connectivity index (χ1n) is 5.86. The molecule has 0 radical (unpaired) electrons. The Balaban J connectivity index is 2.03. The van der Waals surface area contributed by atoms with E-state index in [1.54, 1.807) is 12.2 Å². The van der Waals surface area contributed by atoms with E-state index in [0.717, 1.165) is 12.8 Å². The third-order valence-electron chi connectivity index (χ3n) is 3.95. The van der Waals surface area contributed by atoms with Gasteiger partial charge in [0.2, 0.25) is 0 Å². The standard InChI is InChI=1S/C14H14O2/c15-11-5-1-3-9-7-8-10-4-2-6-12(16)14(10)13(9)11/h1-2,5-10,13-14H,3-4H2/t9-,10-,13-,14-/m0/s1. The molecule has 0 N–H and O–H groups in total. The molecule has 82 valence electrons. The van der Waals surface area contributed by atoms with E-state index in [1.165, 1.54) is 0 Å². The largest absolute Gasteiger partial charge is 0.295 e. The Morgan fingerprint density at radius 3 is 1.69 bits per heavy atom. The van der Waals surface area contributed by atoms with Crippen LogP contribution < -0.4 is 0 Å². The quantitative estimate of drug-likeness (QED) is 0.578. The molecule has 3 aliphatic rings. The van der Waals surface area contributed by atoms with Crippen molar-refractivity contribution in [3.05, 3.63) is 36.5 Å². The maximum Gasteiger partial charge on any atom is 0.159 e. The number of hydrogen-bond acceptors (Lipinski definition) is 2. The molecule has 0 heterocycles. The smallest absolute Gasteiger partial charge is 0.159 e. The van der Waals surface area contributed by atoms with Gasteiger partial charge in [-0.25, -0.2) is 0 Å². The van der Waals surface area contributed by atoms with E-state index in [2.05, 4.69) is 12.2 Å². The summed E-state index contributed by atoms with van der Waals surface area (Å²) in [7, 11) is 0. The lowest BCUT2D eigenvalue weighted by atomic mass is 9.62. The van der Waals surface area contributed by atoms with Gasteiger partial charge in [0.15, 0.2) is 11.6 Å². The zero-order chi connectivity index (χ0) is 11.1. The van der Waals surface area contributed by atoms with Crippen LogP contribution in [0.2, 0.25) is 0 Å². The van der Waals surface area contributed by atoms with Crippen molar-refractivity contribution in [3.63, 3.8) is 0 Å². The summed E-state index contributed by atoms with van der Waals surface area (Å²) in [5.74, 6) is 0.566. The maximum absolute atomic E-state index is 11.9. The van der Waals surface area contributed by atoms with Crippen molar-refractivity contribution in [2.24, 2.45) is 23.7 Å². The first kappa shape index (κ1) is 9.76. The van der Waals surface area contributed by atoms with Crippen LogP contribution in [0.25, 0.3) is 0 Å². The van der Waals surface area contributed by atoms with Crippen LogP contribution in [0, 0.1) is 23.7 Å². The monoisotopic (exact) mass is 214 g/mol. The van der Waals surface area contributed by atoms with Gasteiger partial charge in [0.1, 0.15) is 0 Å². The average Bonchev–Trinajstić information content (AvgIpc) is 2.29. The fraction of sp³-hybridized carbons (Fsp3) is 0.429. The fourth-order valence-electron chi connectivity index (χ4n) is 3.19. The van der Waals surface area contributed by atoms with Gasteiger partial charge in [-0.2, -0.15) is 0 Å². The molecule has 0 saturated carbocycles. The molecule has 0 aliphatic heterocycles. The molecule has 0 saturated heterocycles. The highest BCUT2D eigenvalue weighted by atomic mass is 16.1. The molecule has 16 heavy (non-hydrogen) atoms. The predicted molar refractivity (Wildman–Crippen MR) is 60.6 cm³/mol. The van der Waals surface area contributed by atoms with Gasteiger partial charge in [-0.15, -0.1) is 0 Å². The second kappa shape index (κ2) is 3.55. The van der Waals surface area contributed by atoms with Crippen LogP contribution in [-0.2, 0) is 9.59 Å². The van der Waals surface area contributed by atoms with Gasteiger partial charge >= 0.3 is 0 Å². The molecule has 0 aromatic heterocycles. The summed E-state index contributed by atoms with van der Waals surface area (Å²) in [4.78, 5) is 23.9. The number of allylic oxidation sites excluding steroid dienone is 6. The van der Waals surface area contributed by atoms with Gasteiger partial charge < -0.3 is 0 Å². The highest BCUT2D eigenvalue weighted by molar-refractivity contribution is 6.01. The highest BCUT2D eigenvalue weighted by Crippen LogP contribution is 2.42. The van der Waals surface area contributed by atoms with Crippen molar-refractivity contribution in [2.45, 2.75) is 12.8 Å². The second-order valence-electron chi connectivity index (χ2n) is 4.85. The Morgan fingerprint density at radius 2 is 1.25 bits per heavy atom. The fourth-order valence-corrected chi connectivity index (χ4v) is 3.19. The van der Waals surface area contributed by atoms with E-state index in [9.17, 15) is 9.59 Å². The Morgan fingerprint density at radius 1 is 0.812 bits per heavy atom. The van der Waals surface area contributed by atoms with Crippen LogP contribution in [0.4, 0.5) is 0 Å². The van der Waals surface area contributed by atoms with E-state index in [-0.39, 0.29) is 35.2 Å². The second-order valence-corrected chi connectivity index (χ2v) is 4.85.